The van der Waals surface area contributed by atoms with Crippen LogP contribution in [-0.2, 0) is 11.3 Å². The largest absolute Gasteiger partial charge is 0.344 e. The molecule has 98 valence electrons. The molecule has 1 rings (SSSR count). The van der Waals surface area contributed by atoms with Gasteiger partial charge in [-0.15, -0.1) is 6.42 Å². The van der Waals surface area contributed by atoms with Crippen LogP contribution in [0.5, 0.6) is 0 Å². The van der Waals surface area contributed by atoms with Gasteiger partial charge in [-0.1, -0.05) is 18.1 Å². The molecule has 19 heavy (non-hydrogen) atoms. The number of amides is 1. The van der Waals surface area contributed by atoms with E-state index in [9.17, 15) is 4.79 Å². The molecule has 1 aromatic rings. The van der Waals surface area contributed by atoms with Gasteiger partial charge in [-0.25, -0.2) is 0 Å². The number of terminal acetylenes is 1. The van der Waals surface area contributed by atoms with E-state index in [0.717, 1.165) is 5.56 Å². The Balaban J connectivity index is 2.63. The van der Waals surface area contributed by atoms with E-state index in [1.807, 2.05) is 37.1 Å². The predicted octanol–water partition coefficient (Wildman–Crippen LogP) is 1.13. The van der Waals surface area contributed by atoms with Crippen LogP contribution < -0.4 is 5.32 Å². The van der Waals surface area contributed by atoms with E-state index in [1.54, 1.807) is 6.07 Å². The summed E-state index contributed by atoms with van der Waals surface area (Å²) >= 11 is 0. The van der Waals surface area contributed by atoms with Crippen LogP contribution in [0.4, 0.5) is 0 Å². The quantitative estimate of drug-likeness (QED) is 0.802. The molecule has 0 aliphatic carbocycles. The molecule has 0 fully saturated rings. The molecular weight excluding hydrogens is 238 g/mol. The van der Waals surface area contributed by atoms with Gasteiger partial charge in [-0.2, -0.15) is 5.26 Å². The molecule has 1 aromatic carbocycles. The molecule has 4 heteroatoms. The highest BCUT2D eigenvalue weighted by molar-refractivity contribution is 5.81. The van der Waals surface area contributed by atoms with Gasteiger partial charge in [-0.05, 0) is 31.7 Å². The van der Waals surface area contributed by atoms with Crippen LogP contribution in [0.25, 0.3) is 0 Å². The summed E-state index contributed by atoms with van der Waals surface area (Å²) in [4.78, 5) is 13.7. The number of benzene rings is 1. The van der Waals surface area contributed by atoms with Crippen molar-refractivity contribution in [2.45, 2.75) is 19.5 Å². The van der Waals surface area contributed by atoms with E-state index in [2.05, 4.69) is 17.3 Å². The first-order valence-corrected chi connectivity index (χ1v) is 5.99. The normalized spacial score (nSPS) is 11.4. The molecule has 0 saturated carbocycles. The Morgan fingerprint density at radius 1 is 1.58 bits per heavy atom. The molecular formula is C15H17N3O. The third-order valence-electron chi connectivity index (χ3n) is 2.89. The van der Waals surface area contributed by atoms with Gasteiger partial charge < -0.3 is 5.32 Å². The molecule has 1 atom stereocenters. The number of nitrogens with zero attached hydrogens (tertiary/aromatic N) is 2. The molecule has 0 spiro atoms. The van der Waals surface area contributed by atoms with Crippen molar-refractivity contribution in [2.75, 3.05) is 13.6 Å². The third kappa shape index (κ3) is 4.46. The molecule has 0 radical (unpaired) electrons. The molecule has 1 amide bonds. The van der Waals surface area contributed by atoms with Crippen molar-refractivity contribution in [3.05, 3.63) is 35.4 Å². The highest BCUT2D eigenvalue weighted by Crippen LogP contribution is 2.09. The van der Waals surface area contributed by atoms with Crippen LogP contribution in [-0.4, -0.2) is 30.4 Å². The zero-order valence-electron chi connectivity index (χ0n) is 11.2. The number of nitriles is 1. The van der Waals surface area contributed by atoms with Crippen molar-refractivity contribution in [1.29, 1.82) is 5.26 Å². The van der Waals surface area contributed by atoms with Crippen molar-refractivity contribution in [2.24, 2.45) is 0 Å². The number of carbonyl (C=O) groups excluding carboxylic acids is 1. The Labute approximate surface area is 114 Å². The van der Waals surface area contributed by atoms with E-state index in [-0.39, 0.29) is 18.5 Å². The second-order valence-electron chi connectivity index (χ2n) is 4.33. The Kier molecular flexibility index (Phi) is 5.60. The lowest BCUT2D eigenvalue weighted by Crippen LogP contribution is -2.43. The van der Waals surface area contributed by atoms with Gasteiger partial charge in [0, 0.05) is 6.54 Å². The highest BCUT2D eigenvalue weighted by Gasteiger charge is 2.17. The van der Waals surface area contributed by atoms with E-state index in [0.29, 0.717) is 12.1 Å². The van der Waals surface area contributed by atoms with Gasteiger partial charge in [0.2, 0.25) is 5.91 Å². The predicted molar refractivity (Wildman–Crippen MR) is 73.9 cm³/mol. The summed E-state index contributed by atoms with van der Waals surface area (Å²) in [5.74, 6) is 2.27. The summed E-state index contributed by atoms with van der Waals surface area (Å²) in [6.45, 7) is 2.65. The van der Waals surface area contributed by atoms with Gasteiger partial charge in [0.25, 0.3) is 0 Å². The smallest absolute Gasteiger partial charge is 0.237 e. The van der Waals surface area contributed by atoms with Crippen molar-refractivity contribution in [1.82, 2.24) is 10.2 Å². The van der Waals surface area contributed by atoms with Crippen LogP contribution >= 0.6 is 0 Å². The lowest BCUT2D eigenvalue weighted by Gasteiger charge is -2.23. The number of hydrogen-bond donors (Lipinski definition) is 1. The molecule has 0 heterocycles. The fourth-order valence-corrected chi connectivity index (χ4v) is 1.65. The fraction of sp³-hybridized carbons (Fsp3) is 0.333. The average Bonchev–Trinajstić information content (AvgIpc) is 2.43. The van der Waals surface area contributed by atoms with E-state index in [4.69, 9.17) is 11.7 Å². The van der Waals surface area contributed by atoms with Gasteiger partial charge in [0.05, 0.1) is 24.2 Å². The highest BCUT2D eigenvalue weighted by atomic mass is 16.2. The van der Waals surface area contributed by atoms with Gasteiger partial charge in [-0.3, -0.25) is 9.69 Å². The van der Waals surface area contributed by atoms with Gasteiger partial charge >= 0.3 is 0 Å². The first-order valence-electron chi connectivity index (χ1n) is 5.99. The zero-order chi connectivity index (χ0) is 14.3. The summed E-state index contributed by atoms with van der Waals surface area (Å²) in [7, 11) is 1.86. The van der Waals surface area contributed by atoms with Crippen molar-refractivity contribution < 1.29 is 4.79 Å². The summed E-state index contributed by atoms with van der Waals surface area (Å²) in [5, 5.41) is 11.5. The van der Waals surface area contributed by atoms with Crippen molar-refractivity contribution in [3.8, 4) is 18.4 Å². The monoisotopic (exact) mass is 255 g/mol. The Morgan fingerprint density at radius 3 is 2.95 bits per heavy atom. The molecule has 0 saturated heterocycles. The minimum Gasteiger partial charge on any atom is -0.344 e. The van der Waals surface area contributed by atoms with Crippen LogP contribution in [0.2, 0.25) is 0 Å². The van der Waals surface area contributed by atoms with Crippen molar-refractivity contribution in [3.63, 3.8) is 0 Å². The topological polar surface area (TPSA) is 56.1 Å². The van der Waals surface area contributed by atoms with Crippen LogP contribution in [0.1, 0.15) is 18.1 Å². The van der Waals surface area contributed by atoms with E-state index in [1.165, 1.54) is 0 Å². The minimum absolute atomic E-state index is 0.100. The second-order valence-corrected chi connectivity index (χ2v) is 4.33. The molecule has 0 aliphatic heterocycles. The first kappa shape index (κ1) is 14.8. The fourth-order valence-electron chi connectivity index (χ4n) is 1.65. The standard InChI is InChI=1S/C15H17N3O/c1-4-8-17-15(19)12(2)18(3)11-14-7-5-6-13(9-14)10-16/h1,5-7,9,12H,8,11H2,2-3H3,(H,17,19). The maximum Gasteiger partial charge on any atom is 0.237 e. The number of nitrogens with one attached hydrogen (secondary N) is 1. The Bertz CT molecular complexity index is 525. The molecule has 1 unspecified atom stereocenters. The maximum absolute atomic E-state index is 11.8. The number of carbonyl (C=O) groups is 1. The van der Waals surface area contributed by atoms with Gasteiger partial charge in [0.1, 0.15) is 0 Å². The number of likely N-dealkylation sites (N-methyl/N-ethyl adjacent to an activating group) is 1. The third-order valence-corrected chi connectivity index (χ3v) is 2.89. The SMILES string of the molecule is C#CCNC(=O)C(C)N(C)Cc1cccc(C#N)c1. The maximum atomic E-state index is 11.8. The zero-order valence-corrected chi connectivity index (χ0v) is 11.2. The molecule has 0 aliphatic rings. The summed E-state index contributed by atoms with van der Waals surface area (Å²) < 4.78 is 0. The summed E-state index contributed by atoms with van der Waals surface area (Å²) in [6, 6.07) is 9.17. The second kappa shape index (κ2) is 7.20. The lowest BCUT2D eigenvalue weighted by molar-refractivity contribution is -0.125. The summed E-state index contributed by atoms with van der Waals surface area (Å²) in [6.07, 6.45) is 5.10. The Hall–Kier alpha value is -2.30. The minimum atomic E-state index is -0.279. The summed E-state index contributed by atoms with van der Waals surface area (Å²) in [5.41, 5.74) is 1.62. The van der Waals surface area contributed by atoms with Crippen LogP contribution in [0.15, 0.2) is 24.3 Å². The molecule has 0 aromatic heterocycles. The van der Waals surface area contributed by atoms with Gasteiger partial charge in [0.15, 0.2) is 0 Å². The first-order chi connectivity index (χ1) is 9.08. The molecule has 1 N–H and O–H groups in total. The Morgan fingerprint density at radius 2 is 2.32 bits per heavy atom. The van der Waals surface area contributed by atoms with Crippen LogP contribution in [0.3, 0.4) is 0 Å². The lowest BCUT2D eigenvalue weighted by atomic mass is 10.1. The van der Waals surface area contributed by atoms with Crippen LogP contribution in [0, 0.1) is 23.7 Å². The molecule has 4 nitrogen and oxygen atoms in total. The van der Waals surface area contributed by atoms with E-state index >= 15 is 0 Å². The average molecular weight is 255 g/mol. The number of rotatable bonds is 5. The van der Waals surface area contributed by atoms with E-state index < -0.39 is 0 Å². The van der Waals surface area contributed by atoms with Crippen molar-refractivity contribution >= 4 is 5.91 Å². The number of hydrogen-bond acceptors (Lipinski definition) is 3. The molecule has 0 bridgehead atoms.